The Hall–Kier alpha value is -1.57. The Labute approximate surface area is 162 Å². The van der Waals surface area contributed by atoms with E-state index in [9.17, 15) is 0 Å². The zero-order chi connectivity index (χ0) is 18.3. The fraction of sp³-hybridized carbons (Fsp3) is 0.417. The minimum Gasteiger partial charge on any atom is -0.298 e. The monoisotopic (exact) mass is 365 g/mol. The molecule has 3 aliphatic rings. The van der Waals surface area contributed by atoms with Crippen molar-refractivity contribution in [3.05, 3.63) is 70.8 Å². The number of nitrogens with zero attached hydrogens (tertiary/aromatic N) is 1. The van der Waals surface area contributed by atoms with E-state index < -0.39 is 0 Å². The second kappa shape index (κ2) is 6.87. The lowest BCUT2D eigenvalue weighted by molar-refractivity contribution is -0.0101. The smallest absolute Gasteiger partial charge is 0.0487 e. The van der Waals surface area contributed by atoms with Gasteiger partial charge in [0.2, 0.25) is 0 Å². The van der Waals surface area contributed by atoms with E-state index >= 15 is 0 Å². The summed E-state index contributed by atoms with van der Waals surface area (Å²) in [5, 5.41) is 0.835. The maximum Gasteiger partial charge on any atom is 0.0487 e. The van der Waals surface area contributed by atoms with Crippen molar-refractivity contribution in [1.29, 1.82) is 0 Å². The van der Waals surface area contributed by atoms with Crippen molar-refractivity contribution in [3.8, 4) is 11.1 Å². The van der Waals surface area contributed by atoms with E-state index in [1.54, 1.807) is 5.57 Å². The zero-order valence-electron chi connectivity index (χ0n) is 16.0. The molecular weight excluding hydrogens is 338 g/mol. The fourth-order valence-electron chi connectivity index (χ4n) is 4.84. The van der Waals surface area contributed by atoms with Crippen LogP contribution in [0.2, 0.25) is 5.02 Å². The summed E-state index contributed by atoms with van der Waals surface area (Å²) in [5.41, 5.74) is 5.71. The predicted octanol–water partition coefficient (Wildman–Crippen LogP) is 6.43. The van der Waals surface area contributed by atoms with E-state index in [0.29, 0.717) is 5.41 Å². The highest BCUT2D eigenvalue weighted by Crippen LogP contribution is 2.59. The molecule has 0 unspecified atom stereocenters. The first-order valence-electron chi connectivity index (χ1n) is 9.66. The van der Waals surface area contributed by atoms with Crippen LogP contribution >= 0.6 is 11.6 Å². The van der Waals surface area contributed by atoms with Crippen molar-refractivity contribution >= 4 is 11.6 Å². The van der Waals surface area contributed by atoms with Crippen molar-refractivity contribution in [2.75, 3.05) is 13.6 Å². The number of fused-ring (bicyclic) bond motifs is 1. The molecule has 1 nitrogen and oxygen atoms in total. The molecule has 0 aliphatic heterocycles. The van der Waals surface area contributed by atoms with Crippen LogP contribution in [0.15, 0.2) is 60.2 Å². The summed E-state index contributed by atoms with van der Waals surface area (Å²) in [5.74, 6) is 1.69. The lowest BCUT2D eigenvalue weighted by Crippen LogP contribution is -2.49. The van der Waals surface area contributed by atoms with Crippen LogP contribution in [0.3, 0.4) is 0 Å². The SMILES string of the molecule is CN(CC1=CC[C@H]2C[C@@H]1C2(C)C)Cc1ccc(-c2ccccc2)c(Cl)c1. The van der Waals surface area contributed by atoms with Crippen LogP contribution < -0.4 is 0 Å². The third-order valence-electron chi connectivity index (χ3n) is 6.61. The highest BCUT2D eigenvalue weighted by molar-refractivity contribution is 6.33. The maximum atomic E-state index is 6.58. The van der Waals surface area contributed by atoms with Crippen molar-refractivity contribution in [2.24, 2.45) is 17.3 Å². The van der Waals surface area contributed by atoms with Crippen molar-refractivity contribution < 1.29 is 0 Å². The number of allylic oxidation sites excluding steroid dienone is 1. The van der Waals surface area contributed by atoms with Crippen LogP contribution in [0.1, 0.15) is 32.3 Å². The van der Waals surface area contributed by atoms with Gasteiger partial charge in [-0.2, -0.15) is 0 Å². The van der Waals surface area contributed by atoms with Crippen molar-refractivity contribution in [1.82, 2.24) is 4.90 Å². The molecule has 2 atom stereocenters. The molecule has 0 amide bonds. The number of hydrogen-bond acceptors (Lipinski definition) is 1. The number of halogens is 1. The molecule has 1 saturated carbocycles. The van der Waals surface area contributed by atoms with Crippen LogP contribution in [0.4, 0.5) is 0 Å². The van der Waals surface area contributed by atoms with Gasteiger partial charge in [-0.1, -0.05) is 79.6 Å². The molecule has 0 spiro atoms. The lowest BCUT2D eigenvalue weighted by Gasteiger charge is -2.57. The predicted molar refractivity (Wildman–Crippen MR) is 111 cm³/mol. The molecule has 0 saturated heterocycles. The molecule has 0 heterocycles. The summed E-state index contributed by atoms with van der Waals surface area (Å²) in [6, 6.07) is 16.8. The highest BCUT2D eigenvalue weighted by Gasteiger charge is 2.50. The van der Waals surface area contributed by atoms with Gasteiger partial charge < -0.3 is 0 Å². The van der Waals surface area contributed by atoms with Crippen LogP contribution in [0.25, 0.3) is 11.1 Å². The maximum absolute atomic E-state index is 6.58. The Morgan fingerprint density at radius 2 is 1.85 bits per heavy atom. The molecule has 136 valence electrons. The van der Waals surface area contributed by atoms with Gasteiger partial charge in [-0.15, -0.1) is 0 Å². The topological polar surface area (TPSA) is 3.24 Å². The number of likely N-dealkylation sites (N-methyl/N-ethyl adjacent to an activating group) is 1. The molecule has 1 fully saturated rings. The Bertz CT molecular complexity index is 821. The van der Waals surface area contributed by atoms with Crippen LogP contribution in [-0.2, 0) is 6.54 Å². The summed E-state index contributed by atoms with van der Waals surface area (Å²) in [6.07, 6.45) is 5.17. The van der Waals surface area contributed by atoms with Gasteiger partial charge in [0, 0.05) is 23.7 Å². The Kier molecular flexibility index (Phi) is 4.71. The largest absolute Gasteiger partial charge is 0.298 e. The van der Waals surface area contributed by atoms with Gasteiger partial charge in [-0.25, -0.2) is 0 Å². The highest BCUT2D eigenvalue weighted by atomic mass is 35.5. The summed E-state index contributed by atoms with van der Waals surface area (Å²) >= 11 is 6.58. The first-order chi connectivity index (χ1) is 12.4. The molecule has 2 aromatic rings. The molecule has 2 bridgehead atoms. The van der Waals surface area contributed by atoms with Gasteiger partial charge in [0.25, 0.3) is 0 Å². The summed E-state index contributed by atoms with van der Waals surface area (Å²) in [7, 11) is 2.22. The molecule has 2 aromatic carbocycles. The van der Waals surface area contributed by atoms with E-state index in [1.165, 1.54) is 24.0 Å². The van der Waals surface area contributed by atoms with Crippen molar-refractivity contribution in [2.45, 2.75) is 33.2 Å². The van der Waals surface area contributed by atoms with E-state index in [2.05, 4.69) is 74.3 Å². The van der Waals surface area contributed by atoms with Crippen LogP contribution in [0.5, 0.6) is 0 Å². The number of rotatable bonds is 5. The average molecular weight is 366 g/mol. The third-order valence-corrected chi connectivity index (χ3v) is 6.92. The van der Waals surface area contributed by atoms with E-state index in [1.807, 2.05) is 6.07 Å². The van der Waals surface area contributed by atoms with Gasteiger partial charge in [0.15, 0.2) is 0 Å². The third kappa shape index (κ3) is 3.23. The molecule has 0 aromatic heterocycles. The number of benzene rings is 2. The zero-order valence-corrected chi connectivity index (χ0v) is 16.8. The quantitative estimate of drug-likeness (QED) is 0.551. The molecule has 0 radical (unpaired) electrons. The van der Waals surface area contributed by atoms with E-state index in [4.69, 9.17) is 11.6 Å². The van der Waals surface area contributed by atoms with Gasteiger partial charge in [0.05, 0.1) is 0 Å². The van der Waals surface area contributed by atoms with Gasteiger partial charge >= 0.3 is 0 Å². The fourth-order valence-corrected chi connectivity index (χ4v) is 5.16. The normalized spacial score (nSPS) is 23.5. The standard InChI is InChI=1S/C24H28ClN/c1-24(2)20-11-10-19(22(24)14-20)16-26(3)15-17-9-12-21(23(25)13-17)18-7-5-4-6-8-18/h4-10,12-13,20,22H,11,14-16H2,1-3H3/t20-,22-/m0/s1. The lowest BCUT2D eigenvalue weighted by atomic mass is 9.49. The number of hydrogen-bond donors (Lipinski definition) is 0. The molecule has 26 heavy (non-hydrogen) atoms. The van der Waals surface area contributed by atoms with Crippen LogP contribution in [0, 0.1) is 17.3 Å². The van der Waals surface area contributed by atoms with Gasteiger partial charge in [0.1, 0.15) is 0 Å². The van der Waals surface area contributed by atoms with Crippen LogP contribution in [-0.4, -0.2) is 18.5 Å². The average Bonchev–Trinajstić information content (AvgIpc) is 2.62. The first kappa shape index (κ1) is 17.8. The second-order valence-electron chi connectivity index (χ2n) is 8.67. The van der Waals surface area contributed by atoms with Crippen molar-refractivity contribution in [3.63, 3.8) is 0 Å². The van der Waals surface area contributed by atoms with E-state index in [-0.39, 0.29) is 0 Å². The molecule has 5 rings (SSSR count). The summed E-state index contributed by atoms with van der Waals surface area (Å²) in [4.78, 5) is 2.43. The Morgan fingerprint density at radius 1 is 1.08 bits per heavy atom. The summed E-state index contributed by atoms with van der Waals surface area (Å²) < 4.78 is 0. The van der Waals surface area contributed by atoms with Gasteiger partial charge in [-0.3, -0.25) is 4.90 Å². The molecule has 2 heteroatoms. The minimum absolute atomic E-state index is 0.506. The second-order valence-corrected chi connectivity index (χ2v) is 9.08. The molecule has 3 aliphatic carbocycles. The van der Waals surface area contributed by atoms with E-state index in [0.717, 1.165) is 35.5 Å². The first-order valence-corrected chi connectivity index (χ1v) is 10.0. The summed E-state index contributed by atoms with van der Waals surface area (Å²) in [6.45, 7) is 6.89. The molecular formula is C24H28ClN. The molecule has 0 N–H and O–H groups in total. The van der Waals surface area contributed by atoms with Gasteiger partial charge in [-0.05, 0) is 54.3 Å². The Morgan fingerprint density at radius 3 is 2.50 bits per heavy atom. The minimum atomic E-state index is 0.506. The Balaban J connectivity index is 1.43.